The van der Waals surface area contributed by atoms with Gasteiger partial charge < -0.3 is 33.8 Å². The monoisotopic (exact) mass is 543 g/mol. The summed E-state index contributed by atoms with van der Waals surface area (Å²) in [4.78, 5) is 49.3. The topological polar surface area (TPSA) is 117 Å². The van der Waals surface area contributed by atoms with Gasteiger partial charge in [-0.1, -0.05) is 26.0 Å². The van der Waals surface area contributed by atoms with Crippen molar-refractivity contribution in [2.45, 2.75) is 45.7 Å². The summed E-state index contributed by atoms with van der Waals surface area (Å²) in [7, 11) is 1.67. The van der Waals surface area contributed by atoms with E-state index < -0.39 is 18.1 Å². The van der Waals surface area contributed by atoms with Crippen molar-refractivity contribution in [3.8, 4) is 0 Å². The molecule has 2 saturated heterocycles. The van der Waals surface area contributed by atoms with Gasteiger partial charge in [-0.15, -0.1) is 0 Å². The van der Waals surface area contributed by atoms with Gasteiger partial charge in [-0.05, 0) is 37.3 Å². The minimum atomic E-state index is -1.08. The molecule has 2 aliphatic heterocycles. The van der Waals surface area contributed by atoms with E-state index in [0.717, 1.165) is 23.9 Å². The molecule has 1 aromatic carbocycles. The first kappa shape index (κ1) is 28.8. The predicted octanol–water partition coefficient (Wildman–Crippen LogP) is 2.79. The van der Waals surface area contributed by atoms with Crippen LogP contribution >= 0.6 is 0 Å². The summed E-state index contributed by atoms with van der Waals surface area (Å²) in [6.45, 7) is 7.98. The van der Waals surface area contributed by atoms with Crippen molar-refractivity contribution in [3.63, 3.8) is 0 Å². The summed E-state index contributed by atoms with van der Waals surface area (Å²) < 4.78 is 12.6. The molecule has 0 bridgehead atoms. The molecule has 1 N–H and O–H groups in total. The number of carbonyl (C=O) groups is 3. The molecule has 2 aromatic rings. The number of carboxylic acid groups (broad SMARTS) is 1. The second kappa shape index (κ2) is 13.3. The number of imidazole rings is 1. The Bertz CT molecular complexity index is 1140. The third kappa shape index (κ3) is 6.88. The average molecular weight is 544 g/mol. The highest BCUT2D eigenvalue weighted by Gasteiger charge is 2.40. The smallest absolute Gasteiger partial charge is 0.407 e. The van der Waals surface area contributed by atoms with Crippen LogP contribution in [0.15, 0.2) is 24.3 Å². The fourth-order valence-corrected chi connectivity index (χ4v) is 5.58. The van der Waals surface area contributed by atoms with E-state index in [9.17, 15) is 19.5 Å². The first-order chi connectivity index (χ1) is 18.8. The molecule has 11 nitrogen and oxygen atoms in total. The number of fused-ring (bicyclic) bond motifs is 1. The number of para-hydroxylation sites is 2. The lowest BCUT2D eigenvalue weighted by Crippen LogP contribution is -2.58. The standard InChI is InChI=1S/C28H41N5O6/c1-20(2)17-33(22-16-21(18-31(19-22)28(36)37)26(34)30-11-14-39-15-12-30)27(35)25-29-23-8-4-5-9-24(23)32(25)10-6-7-13-38-3/h4-5,8-9,20-22H,6-7,10-19H2,1-3H3,(H,36,37). The third-order valence-electron chi connectivity index (χ3n) is 7.46. The number of likely N-dealkylation sites (tertiary alicyclic amines) is 1. The zero-order valence-corrected chi connectivity index (χ0v) is 23.3. The molecule has 3 amide bonds. The highest BCUT2D eigenvalue weighted by atomic mass is 16.5. The molecule has 4 rings (SSSR count). The van der Waals surface area contributed by atoms with Gasteiger partial charge in [-0.3, -0.25) is 9.59 Å². The van der Waals surface area contributed by atoms with E-state index in [1.54, 1.807) is 16.9 Å². The number of benzene rings is 1. The van der Waals surface area contributed by atoms with Gasteiger partial charge in [0.25, 0.3) is 5.91 Å². The molecule has 2 atom stereocenters. The second-order valence-corrected chi connectivity index (χ2v) is 10.8. The molecule has 3 heterocycles. The molecule has 2 aliphatic rings. The number of rotatable bonds is 10. The van der Waals surface area contributed by atoms with E-state index in [0.29, 0.717) is 58.2 Å². The van der Waals surface area contributed by atoms with Gasteiger partial charge in [0, 0.05) is 53.0 Å². The van der Waals surface area contributed by atoms with Gasteiger partial charge in [-0.2, -0.15) is 0 Å². The van der Waals surface area contributed by atoms with Crippen LogP contribution in [0.4, 0.5) is 4.79 Å². The van der Waals surface area contributed by atoms with Crippen LogP contribution in [-0.4, -0.2) is 113 Å². The zero-order chi connectivity index (χ0) is 27.9. The summed E-state index contributed by atoms with van der Waals surface area (Å²) in [6, 6.07) is 7.25. The maximum Gasteiger partial charge on any atom is 0.407 e. The molecule has 11 heteroatoms. The number of nitrogens with zero attached hydrogens (tertiary/aromatic N) is 5. The van der Waals surface area contributed by atoms with E-state index in [2.05, 4.69) is 0 Å². The van der Waals surface area contributed by atoms with E-state index in [4.69, 9.17) is 14.5 Å². The van der Waals surface area contributed by atoms with E-state index in [1.165, 1.54) is 4.90 Å². The Morgan fingerprint density at radius 1 is 1.13 bits per heavy atom. The molecule has 214 valence electrons. The quantitative estimate of drug-likeness (QED) is 0.458. The molecular weight excluding hydrogens is 502 g/mol. The van der Waals surface area contributed by atoms with Crippen molar-refractivity contribution >= 4 is 28.9 Å². The number of hydrogen-bond donors (Lipinski definition) is 1. The van der Waals surface area contributed by atoms with Crippen molar-refractivity contribution < 1.29 is 29.0 Å². The van der Waals surface area contributed by atoms with Crippen LogP contribution in [0.1, 0.15) is 43.7 Å². The number of aromatic nitrogens is 2. The van der Waals surface area contributed by atoms with Crippen LogP contribution < -0.4 is 0 Å². The van der Waals surface area contributed by atoms with E-state index in [-0.39, 0.29) is 30.8 Å². The van der Waals surface area contributed by atoms with Gasteiger partial charge in [0.15, 0.2) is 5.82 Å². The Morgan fingerprint density at radius 2 is 1.87 bits per heavy atom. The summed E-state index contributed by atoms with van der Waals surface area (Å²) in [5.41, 5.74) is 1.63. The summed E-state index contributed by atoms with van der Waals surface area (Å²) in [5.74, 6) is -0.342. The highest BCUT2D eigenvalue weighted by Crippen LogP contribution is 2.27. The SMILES string of the molecule is COCCCCn1c(C(=O)N(CC(C)C)C2CC(C(=O)N3CCOCC3)CN(C(=O)O)C2)nc2ccccc21. The predicted molar refractivity (Wildman–Crippen MR) is 146 cm³/mol. The number of hydrogen-bond acceptors (Lipinski definition) is 6. The molecule has 0 aliphatic carbocycles. The fourth-order valence-electron chi connectivity index (χ4n) is 5.58. The Hall–Kier alpha value is -3.18. The van der Waals surface area contributed by atoms with Gasteiger partial charge in [0.05, 0.1) is 36.2 Å². The number of morpholine rings is 1. The van der Waals surface area contributed by atoms with Crippen molar-refractivity contribution in [1.82, 2.24) is 24.3 Å². The summed E-state index contributed by atoms with van der Waals surface area (Å²) in [6.07, 6.45) is 1.01. The van der Waals surface area contributed by atoms with Gasteiger partial charge in [0.1, 0.15) is 0 Å². The van der Waals surface area contributed by atoms with Gasteiger partial charge >= 0.3 is 6.09 Å². The Kier molecular flexibility index (Phi) is 9.79. The number of amides is 3. The number of carbonyl (C=O) groups excluding carboxylic acids is 2. The van der Waals surface area contributed by atoms with E-state index >= 15 is 0 Å². The number of ether oxygens (including phenoxy) is 2. The first-order valence-electron chi connectivity index (χ1n) is 13.9. The molecule has 0 radical (unpaired) electrons. The van der Waals surface area contributed by atoms with Crippen LogP contribution in [0, 0.1) is 11.8 Å². The number of methoxy groups -OCH3 is 1. The molecule has 0 spiro atoms. The molecule has 39 heavy (non-hydrogen) atoms. The van der Waals surface area contributed by atoms with Gasteiger partial charge in [-0.25, -0.2) is 9.78 Å². The van der Waals surface area contributed by atoms with Crippen molar-refractivity contribution in [3.05, 3.63) is 30.1 Å². The molecule has 2 fully saturated rings. The summed E-state index contributed by atoms with van der Waals surface area (Å²) in [5, 5.41) is 9.92. The minimum absolute atomic E-state index is 0.0726. The normalized spacial score (nSPS) is 20.0. The van der Waals surface area contributed by atoms with Crippen molar-refractivity contribution in [1.29, 1.82) is 0 Å². The maximum atomic E-state index is 14.3. The van der Waals surface area contributed by atoms with Gasteiger partial charge in [0.2, 0.25) is 5.91 Å². The minimum Gasteiger partial charge on any atom is -0.465 e. The lowest BCUT2D eigenvalue weighted by Gasteiger charge is -2.43. The van der Waals surface area contributed by atoms with E-state index in [1.807, 2.05) is 42.7 Å². The Morgan fingerprint density at radius 3 is 2.56 bits per heavy atom. The summed E-state index contributed by atoms with van der Waals surface area (Å²) >= 11 is 0. The fraction of sp³-hybridized carbons (Fsp3) is 0.643. The van der Waals surface area contributed by atoms with Crippen LogP contribution in [0.2, 0.25) is 0 Å². The maximum absolute atomic E-state index is 14.3. The van der Waals surface area contributed by atoms with Crippen LogP contribution in [-0.2, 0) is 20.8 Å². The Balaban J connectivity index is 1.64. The third-order valence-corrected chi connectivity index (χ3v) is 7.46. The van der Waals surface area contributed by atoms with Crippen molar-refractivity contribution in [2.75, 3.05) is 59.7 Å². The zero-order valence-electron chi connectivity index (χ0n) is 23.3. The van der Waals surface area contributed by atoms with Crippen molar-refractivity contribution in [2.24, 2.45) is 11.8 Å². The highest BCUT2D eigenvalue weighted by molar-refractivity contribution is 5.95. The lowest BCUT2D eigenvalue weighted by molar-refractivity contribution is -0.142. The largest absolute Gasteiger partial charge is 0.465 e. The molecule has 0 saturated carbocycles. The van der Waals surface area contributed by atoms with Crippen LogP contribution in [0.3, 0.4) is 0 Å². The first-order valence-corrected chi connectivity index (χ1v) is 13.9. The lowest BCUT2D eigenvalue weighted by atomic mass is 9.91. The number of piperidine rings is 1. The average Bonchev–Trinajstić information content (AvgIpc) is 3.32. The number of unbranched alkanes of at least 4 members (excludes halogenated alkanes) is 1. The number of aryl methyl sites for hydroxylation is 1. The second-order valence-electron chi connectivity index (χ2n) is 10.8. The van der Waals surface area contributed by atoms with Crippen LogP contribution in [0.25, 0.3) is 11.0 Å². The van der Waals surface area contributed by atoms with Crippen LogP contribution in [0.5, 0.6) is 0 Å². The molecule has 2 unspecified atom stereocenters. The Labute approximate surface area is 229 Å². The molecular formula is C28H41N5O6. The molecule has 1 aromatic heterocycles.